The fourth-order valence-electron chi connectivity index (χ4n) is 4.62. The summed E-state index contributed by atoms with van der Waals surface area (Å²) in [6, 6.07) is 13.3. The minimum atomic E-state index is -0.269. The van der Waals surface area contributed by atoms with Crippen LogP contribution in [0.15, 0.2) is 42.5 Å². The molecule has 2 fully saturated rings. The van der Waals surface area contributed by atoms with E-state index in [1.54, 1.807) is 19.2 Å². The zero-order valence-electron chi connectivity index (χ0n) is 16.8. The number of carbonyl (C=O) groups excluding carboxylic acids is 2. The molecule has 2 unspecified atom stereocenters. The number of ketones is 1. The third-order valence-corrected chi connectivity index (χ3v) is 6.05. The minimum absolute atomic E-state index is 0.0671. The Hall–Kier alpha value is -2.89. The Labute approximate surface area is 170 Å². The Morgan fingerprint density at radius 3 is 2.38 bits per heavy atom. The first kappa shape index (κ1) is 19.4. The van der Waals surface area contributed by atoms with E-state index in [1.807, 2.05) is 42.2 Å². The van der Waals surface area contributed by atoms with Gasteiger partial charge in [0, 0.05) is 29.6 Å². The average Bonchev–Trinajstić information content (AvgIpc) is 3.01. The molecule has 2 aromatic rings. The van der Waals surface area contributed by atoms with E-state index in [2.05, 4.69) is 4.98 Å². The normalized spacial score (nSPS) is 23.0. The molecular weight excluding hydrogens is 368 g/mol. The molecule has 1 aromatic heterocycles. The van der Waals surface area contributed by atoms with E-state index in [4.69, 9.17) is 9.47 Å². The van der Waals surface area contributed by atoms with Crippen LogP contribution in [0.2, 0.25) is 0 Å². The van der Waals surface area contributed by atoms with Crippen LogP contribution in [0.25, 0.3) is 0 Å². The number of hydrogen-bond donors (Lipinski definition) is 0. The number of fused-ring (bicyclic) bond motifs is 2. The van der Waals surface area contributed by atoms with Crippen molar-refractivity contribution >= 4 is 11.9 Å². The Morgan fingerprint density at radius 2 is 1.76 bits per heavy atom. The molecule has 4 rings (SSSR count). The van der Waals surface area contributed by atoms with Crippen molar-refractivity contribution in [2.75, 3.05) is 7.11 Å². The first-order valence-electron chi connectivity index (χ1n) is 10.1. The number of amides is 1. The second-order valence-electron chi connectivity index (χ2n) is 7.85. The quantitative estimate of drug-likeness (QED) is 0.712. The van der Waals surface area contributed by atoms with Crippen molar-refractivity contribution in [3.8, 4) is 5.88 Å². The number of carbonyl (C=O) groups is 2. The molecule has 1 aromatic carbocycles. The van der Waals surface area contributed by atoms with Gasteiger partial charge in [-0.1, -0.05) is 30.3 Å². The number of aromatic nitrogens is 1. The fraction of sp³-hybridized carbons (Fsp3) is 0.435. The summed E-state index contributed by atoms with van der Waals surface area (Å²) in [5.74, 6) is 0.543. The molecule has 0 aliphatic carbocycles. The Balaban J connectivity index is 1.41. The molecule has 2 bridgehead atoms. The van der Waals surface area contributed by atoms with Crippen molar-refractivity contribution in [1.82, 2.24) is 9.88 Å². The lowest BCUT2D eigenvalue weighted by Gasteiger charge is -2.37. The van der Waals surface area contributed by atoms with Crippen LogP contribution in [0.3, 0.4) is 0 Å². The molecule has 2 atom stereocenters. The van der Waals surface area contributed by atoms with Crippen LogP contribution >= 0.6 is 0 Å². The summed E-state index contributed by atoms with van der Waals surface area (Å²) in [6.45, 7) is 2.11. The first-order valence-corrected chi connectivity index (χ1v) is 10.1. The van der Waals surface area contributed by atoms with E-state index in [1.165, 1.54) is 0 Å². The Kier molecular flexibility index (Phi) is 5.51. The van der Waals surface area contributed by atoms with Gasteiger partial charge < -0.3 is 14.4 Å². The summed E-state index contributed by atoms with van der Waals surface area (Å²) in [4.78, 5) is 32.0. The summed E-state index contributed by atoms with van der Waals surface area (Å²) in [5, 5.41) is 0. The smallest absolute Gasteiger partial charge is 0.410 e. The largest absolute Gasteiger partial charge is 0.481 e. The van der Waals surface area contributed by atoms with Gasteiger partial charge in [-0.05, 0) is 44.2 Å². The topological polar surface area (TPSA) is 68.7 Å². The van der Waals surface area contributed by atoms with Crippen molar-refractivity contribution in [3.63, 3.8) is 0 Å². The van der Waals surface area contributed by atoms with Gasteiger partial charge in [0.05, 0.1) is 12.8 Å². The summed E-state index contributed by atoms with van der Waals surface area (Å²) in [6.07, 6.45) is 2.95. The van der Waals surface area contributed by atoms with Gasteiger partial charge in [-0.2, -0.15) is 0 Å². The minimum Gasteiger partial charge on any atom is -0.481 e. The van der Waals surface area contributed by atoms with Gasteiger partial charge in [0.25, 0.3) is 0 Å². The van der Waals surface area contributed by atoms with Crippen LogP contribution in [-0.4, -0.2) is 41.0 Å². The summed E-state index contributed by atoms with van der Waals surface area (Å²) in [5.41, 5.74) is 2.31. The van der Waals surface area contributed by atoms with E-state index in [0.29, 0.717) is 30.0 Å². The van der Waals surface area contributed by atoms with Gasteiger partial charge in [-0.25, -0.2) is 9.78 Å². The van der Waals surface area contributed by atoms with E-state index in [-0.39, 0.29) is 36.5 Å². The summed E-state index contributed by atoms with van der Waals surface area (Å²) >= 11 is 0. The monoisotopic (exact) mass is 394 g/mol. The molecule has 2 saturated heterocycles. The van der Waals surface area contributed by atoms with Crippen LogP contribution in [0, 0.1) is 12.8 Å². The number of pyridine rings is 1. The van der Waals surface area contributed by atoms with Crippen LogP contribution in [0.5, 0.6) is 5.88 Å². The highest BCUT2D eigenvalue weighted by Crippen LogP contribution is 2.40. The maximum atomic E-state index is 13.1. The van der Waals surface area contributed by atoms with Crippen molar-refractivity contribution in [2.45, 2.75) is 51.3 Å². The molecule has 0 saturated carbocycles. The molecule has 1 amide bonds. The molecule has 29 heavy (non-hydrogen) atoms. The van der Waals surface area contributed by atoms with E-state index < -0.39 is 0 Å². The molecule has 2 aliphatic heterocycles. The number of ether oxygens (including phenoxy) is 2. The fourth-order valence-corrected chi connectivity index (χ4v) is 4.62. The lowest BCUT2D eigenvalue weighted by molar-refractivity contribution is 0.0484. The third-order valence-electron chi connectivity index (χ3n) is 6.05. The lowest BCUT2D eigenvalue weighted by Crippen LogP contribution is -2.48. The standard InChI is InChI=1S/C23H26N2O4/c1-15-20(10-11-21(24-15)28-2)22(26)17-12-18-8-9-19(13-17)25(18)23(27)29-14-16-6-4-3-5-7-16/h3-7,10-11,17-19H,8-9,12-14H2,1-2H3. The molecule has 0 N–H and O–H groups in total. The molecule has 3 heterocycles. The van der Waals surface area contributed by atoms with Gasteiger partial charge in [0.1, 0.15) is 6.61 Å². The lowest BCUT2D eigenvalue weighted by atomic mass is 9.84. The highest BCUT2D eigenvalue weighted by molar-refractivity contribution is 5.99. The van der Waals surface area contributed by atoms with Crippen molar-refractivity contribution in [3.05, 3.63) is 59.3 Å². The predicted octanol–water partition coefficient (Wildman–Crippen LogP) is 4.16. The van der Waals surface area contributed by atoms with Crippen LogP contribution < -0.4 is 4.74 Å². The number of benzene rings is 1. The number of piperidine rings is 1. The van der Waals surface area contributed by atoms with Crippen molar-refractivity contribution in [2.24, 2.45) is 5.92 Å². The number of methoxy groups -OCH3 is 1. The van der Waals surface area contributed by atoms with E-state index in [9.17, 15) is 9.59 Å². The number of rotatable bonds is 5. The SMILES string of the molecule is COc1ccc(C(=O)C2CC3CCC(C2)N3C(=O)OCc2ccccc2)c(C)n1. The van der Waals surface area contributed by atoms with Crippen LogP contribution in [0.1, 0.15) is 47.3 Å². The molecule has 0 radical (unpaired) electrons. The Bertz CT molecular complexity index is 885. The van der Waals surface area contributed by atoms with Gasteiger partial charge >= 0.3 is 6.09 Å². The van der Waals surface area contributed by atoms with Gasteiger partial charge in [-0.3, -0.25) is 4.79 Å². The first-order chi connectivity index (χ1) is 14.1. The van der Waals surface area contributed by atoms with E-state index in [0.717, 1.165) is 18.4 Å². The zero-order valence-corrected chi connectivity index (χ0v) is 16.8. The predicted molar refractivity (Wildman–Crippen MR) is 108 cm³/mol. The number of nitrogens with zero attached hydrogens (tertiary/aromatic N) is 2. The molecule has 2 aliphatic rings. The molecular formula is C23H26N2O4. The second-order valence-corrected chi connectivity index (χ2v) is 7.85. The zero-order chi connectivity index (χ0) is 20.4. The Morgan fingerprint density at radius 1 is 1.07 bits per heavy atom. The molecule has 6 nitrogen and oxygen atoms in total. The van der Waals surface area contributed by atoms with Gasteiger partial charge in [0.15, 0.2) is 5.78 Å². The third kappa shape index (κ3) is 3.97. The van der Waals surface area contributed by atoms with Crippen LogP contribution in [0.4, 0.5) is 4.79 Å². The van der Waals surface area contributed by atoms with Gasteiger partial charge in [-0.15, -0.1) is 0 Å². The van der Waals surface area contributed by atoms with Crippen LogP contribution in [-0.2, 0) is 11.3 Å². The highest BCUT2D eigenvalue weighted by Gasteiger charge is 2.46. The van der Waals surface area contributed by atoms with Gasteiger partial charge in [0.2, 0.25) is 5.88 Å². The van der Waals surface area contributed by atoms with Crippen molar-refractivity contribution < 1.29 is 19.1 Å². The number of hydrogen-bond acceptors (Lipinski definition) is 5. The second kappa shape index (κ2) is 8.23. The summed E-state index contributed by atoms with van der Waals surface area (Å²) in [7, 11) is 1.56. The molecule has 6 heteroatoms. The highest BCUT2D eigenvalue weighted by atomic mass is 16.6. The average molecular weight is 394 g/mol. The number of aryl methyl sites for hydroxylation is 1. The van der Waals surface area contributed by atoms with Crippen molar-refractivity contribution in [1.29, 1.82) is 0 Å². The molecule has 0 spiro atoms. The van der Waals surface area contributed by atoms with E-state index >= 15 is 0 Å². The maximum absolute atomic E-state index is 13.1. The maximum Gasteiger partial charge on any atom is 0.410 e. The molecule has 152 valence electrons. The summed E-state index contributed by atoms with van der Waals surface area (Å²) < 4.78 is 10.7. The number of Topliss-reactive ketones (excluding diaryl/α,β-unsaturated/α-hetero) is 1.